The summed E-state index contributed by atoms with van der Waals surface area (Å²) in [6.07, 6.45) is 3.43. The molecule has 2 aliphatic rings. The van der Waals surface area contributed by atoms with E-state index >= 15 is 0 Å². The van der Waals surface area contributed by atoms with E-state index in [9.17, 15) is 14.7 Å². The monoisotopic (exact) mass is 495 g/mol. The smallest absolute Gasteiger partial charge is 0.330 e. The van der Waals surface area contributed by atoms with Gasteiger partial charge in [-0.3, -0.25) is 9.36 Å². The van der Waals surface area contributed by atoms with Crippen LogP contribution in [-0.2, 0) is 23.2 Å². The molecule has 182 valence electrons. The summed E-state index contributed by atoms with van der Waals surface area (Å²) in [6, 6.07) is 24.6. The Morgan fingerprint density at radius 1 is 1.03 bits per heavy atom. The van der Waals surface area contributed by atoms with Gasteiger partial charge < -0.3 is 5.11 Å². The Hall–Kier alpha value is -3.31. The van der Waals surface area contributed by atoms with Gasteiger partial charge in [0.1, 0.15) is 0 Å². The molecule has 36 heavy (non-hydrogen) atoms. The van der Waals surface area contributed by atoms with Crippen molar-refractivity contribution in [2.75, 3.05) is 0 Å². The number of carbonyl (C=O) groups is 1. The molecule has 0 amide bonds. The second-order valence-electron chi connectivity index (χ2n) is 10.4. The van der Waals surface area contributed by atoms with Crippen molar-refractivity contribution in [2.24, 2.45) is 0 Å². The van der Waals surface area contributed by atoms with E-state index in [1.165, 1.54) is 21.9 Å². The maximum atomic E-state index is 13.6. The predicted molar refractivity (Wildman–Crippen MR) is 145 cm³/mol. The Balaban J connectivity index is 1.48. The summed E-state index contributed by atoms with van der Waals surface area (Å²) >= 11 is 1.59. The third-order valence-corrected chi connectivity index (χ3v) is 9.36. The van der Waals surface area contributed by atoms with E-state index in [0.717, 1.165) is 34.6 Å². The highest BCUT2D eigenvalue weighted by molar-refractivity contribution is 8.00. The number of hydrogen-bond donors (Lipinski definition) is 1. The van der Waals surface area contributed by atoms with Crippen molar-refractivity contribution >= 4 is 28.5 Å². The minimum atomic E-state index is -1.30. The van der Waals surface area contributed by atoms with Gasteiger partial charge in [0, 0.05) is 11.3 Å². The molecule has 3 aromatic carbocycles. The fourth-order valence-corrected chi connectivity index (χ4v) is 7.52. The Morgan fingerprint density at radius 2 is 1.78 bits per heavy atom. The molecule has 2 unspecified atom stereocenters. The maximum absolute atomic E-state index is 13.6. The molecule has 1 fully saturated rings. The lowest BCUT2D eigenvalue weighted by molar-refractivity contribution is -0.146. The van der Waals surface area contributed by atoms with Gasteiger partial charge in [0.2, 0.25) is 0 Å². The first-order chi connectivity index (χ1) is 17.4. The summed E-state index contributed by atoms with van der Waals surface area (Å²) in [6.45, 7) is 3.77. The first-order valence-corrected chi connectivity index (χ1v) is 13.5. The number of aromatic nitrogens is 1. The average Bonchev–Trinajstić information content (AvgIpc) is 3.64. The first kappa shape index (κ1) is 23.1. The predicted octanol–water partition coefficient (Wildman–Crippen LogP) is 6.29. The van der Waals surface area contributed by atoms with Crippen LogP contribution < -0.4 is 5.56 Å². The van der Waals surface area contributed by atoms with E-state index in [1.807, 2.05) is 25.1 Å². The molecular weight excluding hydrogens is 466 g/mol. The molecule has 5 heteroatoms. The van der Waals surface area contributed by atoms with Crippen molar-refractivity contribution < 1.29 is 9.90 Å². The van der Waals surface area contributed by atoms with Crippen LogP contribution in [0.5, 0.6) is 0 Å². The lowest BCUT2D eigenvalue weighted by Gasteiger charge is -2.28. The maximum Gasteiger partial charge on any atom is 0.330 e. The summed E-state index contributed by atoms with van der Waals surface area (Å²) in [7, 11) is 0. The van der Waals surface area contributed by atoms with E-state index in [0.29, 0.717) is 18.8 Å². The van der Waals surface area contributed by atoms with Crippen LogP contribution in [0.3, 0.4) is 0 Å². The van der Waals surface area contributed by atoms with Gasteiger partial charge in [-0.05, 0) is 78.5 Å². The number of carboxylic acid groups (broad SMARTS) is 1. The molecule has 6 rings (SSSR count). The van der Waals surface area contributed by atoms with E-state index in [2.05, 4.69) is 48.5 Å². The molecule has 1 aliphatic carbocycles. The minimum absolute atomic E-state index is 0.214. The molecule has 1 N–H and O–H groups in total. The van der Waals surface area contributed by atoms with Crippen molar-refractivity contribution in [1.82, 2.24) is 4.57 Å². The van der Waals surface area contributed by atoms with Crippen LogP contribution in [-0.4, -0.2) is 20.9 Å². The van der Waals surface area contributed by atoms with Crippen molar-refractivity contribution in [2.45, 2.75) is 61.3 Å². The van der Waals surface area contributed by atoms with Gasteiger partial charge in [0.05, 0.1) is 5.03 Å². The van der Waals surface area contributed by atoms with Crippen molar-refractivity contribution in [3.8, 4) is 0 Å². The SMILES string of the molecule is Cc1cccc(CC2Sc3c(C4CC4)c(Cc4cccc5ccccc45)cc(=O)n3C2(C)C(=O)O)c1. The lowest BCUT2D eigenvalue weighted by Crippen LogP contribution is -2.49. The molecule has 1 aliphatic heterocycles. The fraction of sp³-hybridized carbons (Fsp3) is 0.290. The summed E-state index contributed by atoms with van der Waals surface area (Å²) in [5.41, 5.74) is 4.16. The van der Waals surface area contributed by atoms with Crippen LogP contribution in [0.4, 0.5) is 0 Å². The number of carboxylic acids is 1. The number of pyridine rings is 1. The molecule has 2 atom stereocenters. The Bertz CT molecular complexity index is 1560. The van der Waals surface area contributed by atoms with Gasteiger partial charge in [-0.15, -0.1) is 11.8 Å². The largest absolute Gasteiger partial charge is 0.479 e. The first-order valence-electron chi connectivity index (χ1n) is 12.6. The van der Waals surface area contributed by atoms with Gasteiger partial charge in [0.15, 0.2) is 5.54 Å². The molecule has 4 aromatic rings. The highest BCUT2D eigenvalue weighted by Crippen LogP contribution is 2.53. The molecule has 0 spiro atoms. The summed E-state index contributed by atoms with van der Waals surface area (Å²) in [4.78, 5) is 26.4. The van der Waals surface area contributed by atoms with Gasteiger partial charge in [-0.25, -0.2) is 4.79 Å². The molecule has 0 radical (unpaired) electrons. The molecule has 4 nitrogen and oxygen atoms in total. The van der Waals surface area contributed by atoms with Crippen molar-refractivity contribution in [3.05, 3.63) is 111 Å². The van der Waals surface area contributed by atoms with E-state index in [1.54, 1.807) is 29.3 Å². The van der Waals surface area contributed by atoms with Crippen LogP contribution >= 0.6 is 11.8 Å². The quantitative estimate of drug-likeness (QED) is 0.341. The summed E-state index contributed by atoms with van der Waals surface area (Å²) in [5.74, 6) is -0.558. The Morgan fingerprint density at radius 3 is 2.53 bits per heavy atom. The Labute approximate surface area is 215 Å². The number of thioether (sulfide) groups is 1. The Kier molecular flexibility index (Phi) is 5.56. The van der Waals surface area contributed by atoms with Crippen LogP contribution in [0, 0.1) is 6.92 Å². The number of aliphatic carboxylic acids is 1. The highest BCUT2D eigenvalue weighted by Gasteiger charge is 2.52. The number of nitrogens with zero attached hydrogens (tertiary/aromatic N) is 1. The normalized spacial score (nSPS) is 21.0. The fourth-order valence-electron chi connectivity index (χ4n) is 5.73. The minimum Gasteiger partial charge on any atom is -0.479 e. The van der Waals surface area contributed by atoms with Gasteiger partial charge in [0.25, 0.3) is 5.56 Å². The molecule has 2 heterocycles. The highest BCUT2D eigenvalue weighted by atomic mass is 32.2. The lowest BCUT2D eigenvalue weighted by atomic mass is 9.90. The van der Waals surface area contributed by atoms with Crippen LogP contribution in [0.25, 0.3) is 10.8 Å². The van der Waals surface area contributed by atoms with Crippen LogP contribution in [0.1, 0.15) is 53.5 Å². The van der Waals surface area contributed by atoms with E-state index < -0.39 is 11.5 Å². The number of fused-ring (bicyclic) bond motifs is 2. The molecular formula is C31H29NO3S. The number of aryl methyl sites for hydroxylation is 1. The van der Waals surface area contributed by atoms with E-state index in [-0.39, 0.29) is 10.8 Å². The summed E-state index contributed by atoms with van der Waals surface area (Å²) in [5, 5.41) is 13.4. The zero-order valence-electron chi connectivity index (χ0n) is 20.5. The van der Waals surface area contributed by atoms with Gasteiger partial charge in [-0.1, -0.05) is 72.3 Å². The second kappa shape index (κ2) is 8.67. The van der Waals surface area contributed by atoms with Crippen LogP contribution in [0.15, 0.2) is 82.6 Å². The topological polar surface area (TPSA) is 59.3 Å². The molecule has 0 bridgehead atoms. The number of rotatable bonds is 6. The third kappa shape index (κ3) is 3.77. The zero-order chi connectivity index (χ0) is 25.0. The van der Waals surface area contributed by atoms with Crippen LogP contribution in [0.2, 0.25) is 0 Å². The third-order valence-electron chi connectivity index (χ3n) is 7.83. The molecule has 1 saturated carbocycles. The van der Waals surface area contributed by atoms with E-state index in [4.69, 9.17) is 0 Å². The van der Waals surface area contributed by atoms with Crippen molar-refractivity contribution in [3.63, 3.8) is 0 Å². The molecule has 1 aromatic heterocycles. The van der Waals surface area contributed by atoms with Crippen molar-refractivity contribution in [1.29, 1.82) is 0 Å². The summed E-state index contributed by atoms with van der Waals surface area (Å²) < 4.78 is 1.60. The average molecular weight is 496 g/mol. The van der Waals surface area contributed by atoms with Gasteiger partial charge in [-0.2, -0.15) is 0 Å². The van der Waals surface area contributed by atoms with Gasteiger partial charge >= 0.3 is 5.97 Å². The standard InChI is InChI=1S/C31H29NO3S/c1-19-7-5-8-20(15-19)16-26-31(2,30(34)35)32-27(33)18-24(28(22-13-14-22)29(32)36-26)17-23-11-6-10-21-9-3-4-12-25(21)23/h3-12,15,18,22,26H,13-14,16-17H2,1-2H3,(H,34,35). The second-order valence-corrected chi connectivity index (χ2v) is 11.6. The molecule has 0 saturated heterocycles. The zero-order valence-corrected chi connectivity index (χ0v) is 21.3. The number of benzene rings is 3. The number of hydrogen-bond acceptors (Lipinski definition) is 3.